The first-order chi connectivity index (χ1) is 16.4. The van der Waals surface area contributed by atoms with Crippen LogP contribution in [0.4, 0.5) is 26.1 Å². The number of pyridine rings is 1. The lowest BCUT2D eigenvalue weighted by Crippen LogP contribution is -2.41. The molecule has 10 heteroatoms. The number of nitrogens with zero attached hydrogens (tertiary/aromatic N) is 5. The van der Waals surface area contributed by atoms with Gasteiger partial charge in [0, 0.05) is 29.6 Å². The molecule has 0 aliphatic carbocycles. The molecule has 1 aliphatic heterocycles. The van der Waals surface area contributed by atoms with Crippen LogP contribution in [-0.2, 0) is 9.53 Å². The van der Waals surface area contributed by atoms with E-state index in [1.807, 2.05) is 6.07 Å². The Morgan fingerprint density at radius 1 is 1.12 bits per heavy atom. The van der Waals surface area contributed by atoms with Gasteiger partial charge >= 0.3 is 0 Å². The first-order valence-electron chi connectivity index (χ1n) is 10.9. The third-order valence-corrected chi connectivity index (χ3v) is 5.69. The second-order valence-electron chi connectivity index (χ2n) is 8.28. The molecule has 4 heterocycles. The van der Waals surface area contributed by atoms with E-state index in [0.29, 0.717) is 24.4 Å². The molecule has 0 saturated carbocycles. The smallest absolute Gasteiger partial charge is 0.253 e. The molecule has 4 aromatic rings. The van der Waals surface area contributed by atoms with Crippen molar-refractivity contribution in [3.63, 3.8) is 0 Å². The quantitative estimate of drug-likeness (QED) is 0.474. The lowest BCUT2D eigenvalue weighted by atomic mass is 10.0. The zero-order valence-corrected chi connectivity index (χ0v) is 18.6. The minimum absolute atomic E-state index is 0.0302. The molecule has 8 nitrogen and oxygen atoms in total. The van der Waals surface area contributed by atoms with Crippen molar-refractivity contribution in [1.29, 1.82) is 0 Å². The summed E-state index contributed by atoms with van der Waals surface area (Å²) in [7, 11) is 0. The average molecular weight is 464 g/mol. The number of hydrogen-bond acceptors (Lipinski definition) is 6. The summed E-state index contributed by atoms with van der Waals surface area (Å²) in [5.74, 6) is -1.12. The highest BCUT2D eigenvalue weighted by molar-refractivity contribution is 5.95. The number of rotatable bonds is 5. The number of carbonyl (C=O) groups excluding carboxylic acids is 1. The minimum atomic E-state index is -0.595. The molecule has 1 saturated heterocycles. The highest BCUT2D eigenvalue weighted by atomic mass is 19.1. The third-order valence-electron chi connectivity index (χ3n) is 5.69. The predicted octanol–water partition coefficient (Wildman–Crippen LogP) is 4.30. The summed E-state index contributed by atoms with van der Waals surface area (Å²) in [6.45, 7) is 4.84. The van der Waals surface area contributed by atoms with Crippen LogP contribution in [0.5, 0.6) is 0 Å². The highest BCUT2D eigenvalue weighted by Crippen LogP contribution is 2.29. The number of amides is 1. The molecule has 1 aromatic carbocycles. The van der Waals surface area contributed by atoms with Crippen LogP contribution in [-0.4, -0.2) is 45.2 Å². The number of carbonyl (C=O) groups is 1. The van der Waals surface area contributed by atoms with Crippen molar-refractivity contribution in [1.82, 2.24) is 19.6 Å². The fourth-order valence-corrected chi connectivity index (χ4v) is 3.91. The zero-order chi connectivity index (χ0) is 23.8. The lowest BCUT2D eigenvalue weighted by Gasteiger charge is -2.27. The molecule has 34 heavy (non-hydrogen) atoms. The van der Waals surface area contributed by atoms with Crippen molar-refractivity contribution in [2.75, 3.05) is 30.0 Å². The Morgan fingerprint density at radius 3 is 2.74 bits per heavy atom. The van der Waals surface area contributed by atoms with Gasteiger partial charge in [-0.25, -0.2) is 23.3 Å². The van der Waals surface area contributed by atoms with Gasteiger partial charge in [0.15, 0.2) is 5.82 Å². The SMILES string of the molecule is CC(C)c1cnn2ccc(-c3nc(Nc4ccc(N5CCOCC5=O)cc4F)ncc3F)cc12. The number of nitrogens with one attached hydrogen (secondary N) is 1. The third kappa shape index (κ3) is 4.08. The van der Waals surface area contributed by atoms with E-state index in [1.54, 1.807) is 29.0 Å². The Hall–Kier alpha value is -3.92. The molecule has 1 amide bonds. The summed E-state index contributed by atoms with van der Waals surface area (Å²) in [4.78, 5) is 21.7. The molecule has 0 radical (unpaired) electrons. The van der Waals surface area contributed by atoms with E-state index in [4.69, 9.17) is 4.74 Å². The van der Waals surface area contributed by atoms with Gasteiger partial charge in [-0.3, -0.25) is 4.79 Å². The Kier molecular flexibility index (Phi) is 5.66. The summed E-state index contributed by atoms with van der Waals surface area (Å²) >= 11 is 0. The Bertz CT molecular complexity index is 1390. The number of aromatic nitrogens is 4. The van der Waals surface area contributed by atoms with Crippen LogP contribution in [0, 0.1) is 11.6 Å². The van der Waals surface area contributed by atoms with Crippen molar-refractivity contribution in [3.05, 3.63) is 66.1 Å². The van der Waals surface area contributed by atoms with Crippen molar-refractivity contribution >= 4 is 28.7 Å². The monoisotopic (exact) mass is 464 g/mol. The molecule has 5 rings (SSSR count). The maximum absolute atomic E-state index is 14.8. The van der Waals surface area contributed by atoms with Crippen LogP contribution in [0.1, 0.15) is 25.3 Å². The van der Waals surface area contributed by atoms with E-state index >= 15 is 0 Å². The molecule has 0 unspecified atom stereocenters. The number of hydrogen-bond donors (Lipinski definition) is 1. The molecule has 1 fully saturated rings. The van der Waals surface area contributed by atoms with Gasteiger partial charge in [-0.2, -0.15) is 5.10 Å². The van der Waals surface area contributed by atoms with E-state index in [0.717, 1.165) is 17.3 Å². The van der Waals surface area contributed by atoms with Gasteiger partial charge in [-0.1, -0.05) is 13.8 Å². The number of benzene rings is 1. The van der Waals surface area contributed by atoms with Gasteiger partial charge in [0.25, 0.3) is 5.91 Å². The van der Waals surface area contributed by atoms with Crippen molar-refractivity contribution < 1.29 is 18.3 Å². The van der Waals surface area contributed by atoms with Crippen LogP contribution in [0.3, 0.4) is 0 Å². The normalized spacial score (nSPS) is 14.3. The van der Waals surface area contributed by atoms with Crippen LogP contribution in [0.2, 0.25) is 0 Å². The topological polar surface area (TPSA) is 84.6 Å². The van der Waals surface area contributed by atoms with E-state index < -0.39 is 11.6 Å². The second kappa shape index (κ2) is 8.79. The summed E-state index contributed by atoms with van der Waals surface area (Å²) in [5, 5.41) is 7.13. The maximum atomic E-state index is 14.8. The van der Waals surface area contributed by atoms with Crippen molar-refractivity contribution in [2.45, 2.75) is 19.8 Å². The van der Waals surface area contributed by atoms with E-state index in [1.165, 1.54) is 17.0 Å². The first-order valence-corrected chi connectivity index (χ1v) is 10.9. The number of morpholine rings is 1. The Balaban J connectivity index is 1.44. The van der Waals surface area contributed by atoms with Gasteiger partial charge in [-0.15, -0.1) is 0 Å². The van der Waals surface area contributed by atoms with E-state index in [2.05, 4.69) is 34.2 Å². The van der Waals surface area contributed by atoms with Crippen LogP contribution < -0.4 is 10.2 Å². The van der Waals surface area contributed by atoms with Crippen LogP contribution >= 0.6 is 0 Å². The molecule has 0 atom stereocenters. The molecule has 0 bridgehead atoms. The van der Waals surface area contributed by atoms with Gasteiger partial charge in [0.05, 0.1) is 30.2 Å². The van der Waals surface area contributed by atoms with Crippen molar-refractivity contribution in [3.8, 4) is 11.3 Å². The first kappa shape index (κ1) is 21.9. The molecule has 0 spiro atoms. The largest absolute Gasteiger partial charge is 0.370 e. The van der Waals surface area contributed by atoms with Crippen molar-refractivity contribution in [2.24, 2.45) is 0 Å². The lowest BCUT2D eigenvalue weighted by molar-refractivity contribution is -0.125. The van der Waals surface area contributed by atoms with Gasteiger partial charge in [0.2, 0.25) is 5.95 Å². The molecule has 174 valence electrons. The van der Waals surface area contributed by atoms with Crippen LogP contribution in [0.15, 0.2) is 48.9 Å². The van der Waals surface area contributed by atoms with E-state index in [-0.39, 0.29) is 35.8 Å². The van der Waals surface area contributed by atoms with E-state index in [9.17, 15) is 13.6 Å². The van der Waals surface area contributed by atoms with Crippen LogP contribution in [0.25, 0.3) is 16.8 Å². The molecule has 1 aliphatic rings. The summed E-state index contributed by atoms with van der Waals surface area (Å²) in [6, 6.07) is 7.92. The average Bonchev–Trinajstić information content (AvgIpc) is 3.25. The summed E-state index contributed by atoms with van der Waals surface area (Å²) in [6.07, 6.45) is 4.59. The highest BCUT2D eigenvalue weighted by Gasteiger charge is 2.21. The Labute approximate surface area is 194 Å². The number of anilines is 3. The Morgan fingerprint density at radius 2 is 1.97 bits per heavy atom. The second-order valence-corrected chi connectivity index (χ2v) is 8.28. The number of halogens is 2. The number of ether oxygens (including phenoxy) is 1. The molecule has 3 aromatic heterocycles. The van der Waals surface area contributed by atoms with Gasteiger partial charge in [-0.05, 0) is 36.2 Å². The molecular formula is C24H22F2N6O2. The van der Waals surface area contributed by atoms with Gasteiger partial charge in [0.1, 0.15) is 18.1 Å². The zero-order valence-electron chi connectivity index (χ0n) is 18.6. The fourth-order valence-electron chi connectivity index (χ4n) is 3.91. The minimum Gasteiger partial charge on any atom is -0.370 e. The fraction of sp³-hybridized carbons (Fsp3) is 0.250. The molecule has 1 N–H and O–H groups in total. The predicted molar refractivity (Wildman–Crippen MR) is 123 cm³/mol. The number of fused-ring (bicyclic) bond motifs is 1. The molecular weight excluding hydrogens is 442 g/mol. The standard InChI is InChI=1S/C24H22F2N6O2/c1-14(2)17-11-28-32-6-5-15(9-21(17)32)23-19(26)12-27-24(30-23)29-20-4-3-16(10-18(20)25)31-7-8-34-13-22(31)33/h3-6,9-12,14H,7-8,13H2,1-2H3,(H,27,29,30). The van der Waals surface area contributed by atoms with Gasteiger partial charge < -0.3 is 15.0 Å². The summed E-state index contributed by atoms with van der Waals surface area (Å²) in [5.41, 5.74) is 3.09. The summed E-state index contributed by atoms with van der Waals surface area (Å²) < 4.78 is 36.3. The maximum Gasteiger partial charge on any atom is 0.253 e.